The highest BCUT2D eigenvalue weighted by Gasteiger charge is 2.21. The van der Waals surface area contributed by atoms with Gasteiger partial charge in [0.2, 0.25) is 0 Å². The maximum atomic E-state index is 12.2. The first kappa shape index (κ1) is 15.4. The van der Waals surface area contributed by atoms with Crippen LogP contribution in [0, 0.1) is 0 Å². The van der Waals surface area contributed by atoms with Crippen LogP contribution in [0.3, 0.4) is 0 Å². The van der Waals surface area contributed by atoms with Crippen LogP contribution >= 0.6 is 11.6 Å². The van der Waals surface area contributed by atoms with Crippen LogP contribution in [-0.4, -0.2) is 22.0 Å². The Morgan fingerprint density at radius 3 is 2.86 bits per heavy atom. The molecule has 0 aliphatic rings. The van der Waals surface area contributed by atoms with Crippen molar-refractivity contribution in [3.8, 4) is 5.75 Å². The third-order valence-corrected chi connectivity index (χ3v) is 3.40. The van der Waals surface area contributed by atoms with Crippen molar-refractivity contribution in [1.29, 1.82) is 0 Å². The molecule has 112 valence electrons. The van der Waals surface area contributed by atoms with E-state index in [4.69, 9.17) is 16.3 Å². The number of aromatic amines is 1. The number of rotatable bonds is 6. The van der Waals surface area contributed by atoms with Crippen molar-refractivity contribution < 1.29 is 9.53 Å². The molecule has 0 saturated carbocycles. The highest BCUT2D eigenvalue weighted by molar-refractivity contribution is 6.32. The van der Waals surface area contributed by atoms with Crippen molar-refractivity contribution in [3.63, 3.8) is 0 Å². The minimum atomic E-state index is -0.645. The van der Waals surface area contributed by atoms with Crippen LogP contribution in [0.2, 0.25) is 5.02 Å². The Kier molecular flexibility index (Phi) is 5.22. The lowest BCUT2D eigenvalue weighted by molar-refractivity contribution is -0.128. The van der Waals surface area contributed by atoms with Gasteiger partial charge in [-0.25, -0.2) is 4.98 Å². The third-order valence-electron chi connectivity index (χ3n) is 3.08. The summed E-state index contributed by atoms with van der Waals surface area (Å²) in [4.78, 5) is 19.4. The normalized spacial score (nSPS) is 13.5. The molecule has 2 unspecified atom stereocenters. The number of hydrogen-bond acceptors (Lipinski definition) is 3. The number of nitrogens with one attached hydrogen (secondary N) is 2. The number of carbonyl (C=O) groups excluding carboxylic acids is 1. The summed E-state index contributed by atoms with van der Waals surface area (Å²) in [6, 6.07) is 6.91. The number of H-pyrrole nitrogens is 1. The zero-order chi connectivity index (χ0) is 15.2. The maximum absolute atomic E-state index is 12.2. The van der Waals surface area contributed by atoms with Gasteiger partial charge in [-0.05, 0) is 25.5 Å². The molecule has 21 heavy (non-hydrogen) atoms. The van der Waals surface area contributed by atoms with Gasteiger partial charge in [0.1, 0.15) is 11.6 Å². The van der Waals surface area contributed by atoms with E-state index in [0.717, 1.165) is 12.2 Å². The maximum Gasteiger partial charge on any atom is 0.261 e. The Balaban J connectivity index is 1.98. The molecular formula is C15H18ClN3O2. The molecule has 0 saturated heterocycles. The van der Waals surface area contributed by atoms with Crippen LogP contribution in [0.4, 0.5) is 0 Å². The van der Waals surface area contributed by atoms with Gasteiger partial charge in [-0.2, -0.15) is 0 Å². The predicted molar refractivity (Wildman–Crippen MR) is 81.3 cm³/mol. The smallest absolute Gasteiger partial charge is 0.261 e. The predicted octanol–water partition coefficient (Wildman–Crippen LogP) is 3.10. The third kappa shape index (κ3) is 3.98. The van der Waals surface area contributed by atoms with E-state index in [1.165, 1.54) is 0 Å². The average molecular weight is 308 g/mol. The molecule has 1 heterocycles. The van der Waals surface area contributed by atoms with Gasteiger partial charge in [-0.15, -0.1) is 0 Å². The van der Waals surface area contributed by atoms with E-state index in [2.05, 4.69) is 15.3 Å². The number of benzene rings is 1. The fourth-order valence-corrected chi connectivity index (χ4v) is 2.09. The number of carbonyl (C=O) groups is 1. The van der Waals surface area contributed by atoms with Gasteiger partial charge < -0.3 is 15.0 Å². The lowest BCUT2D eigenvalue weighted by atomic mass is 10.2. The Hall–Kier alpha value is -2.01. The average Bonchev–Trinajstić information content (AvgIpc) is 3.00. The molecular weight excluding hydrogens is 290 g/mol. The van der Waals surface area contributed by atoms with E-state index in [-0.39, 0.29) is 11.9 Å². The lowest BCUT2D eigenvalue weighted by Gasteiger charge is -2.19. The number of imidazole rings is 1. The van der Waals surface area contributed by atoms with Crippen LogP contribution < -0.4 is 10.1 Å². The quantitative estimate of drug-likeness (QED) is 0.861. The summed E-state index contributed by atoms with van der Waals surface area (Å²) < 4.78 is 5.60. The van der Waals surface area contributed by atoms with Crippen LogP contribution in [0.25, 0.3) is 0 Å². The Labute approximate surface area is 128 Å². The fourth-order valence-electron chi connectivity index (χ4n) is 1.91. The van der Waals surface area contributed by atoms with E-state index in [1.54, 1.807) is 31.5 Å². The molecule has 2 rings (SSSR count). The molecule has 0 aliphatic heterocycles. The summed E-state index contributed by atoms with van der Waals surface area (Å²) in [5.41, 5.74) is 0. The minimum absolute atomic E-state index is 0.162. The van der Waals surface area contributed by atoms with Gasteiger partial charge in [-0.3, -0.25) is 4.79 Å². The van der Waals surface area contributed by atoms with Gasteiger partial charge in [0.05, 0.1) is 11.1 Å². The summed E-state index contributed by atoms with van der Waals surface area (Å²) in [5, 5.41) is 3.39. The van der Waals surface area contributed by atoms with Crippen LogP contribution in [-0.2, 0) is 4.79 Å². The fraction of sp³-hybridized carbons (Fsp3) is 0.333. The van der Waals surface area contributed by atoms with E-state index >= 15 is 0 Å². The van der Waals surface area contributed by atoms with Crippen LogP contribution in [0.5, 0.6) is 5.75 Å². The summed E-state index contributed by atoms with van der Waals surface area (Å²) in [7, 11) is 0. The molecule has 6 heteroatoms. The van der Waals surface area contributed by atoms with Gasteiger partial charge >= 0.3 is 0 Å². The van der Waals surface area contributed by atoms with E-state index < -0.39 is 6.10 Å². The molecule has 1 aromatic heterocycles. The molecule has 2 aromatic rings. The molecule has 1 amide bonds. The molecule has 0 radical (unpaired) electrons. The Bertz CT molecular complexity index is 586. The first-order valence-corrected chi connectivity index (χ1v) is 7.20. The van der Waals surface area contributed by atoms with Crippen LogP contribution in [0.15, 0.2) is 36.7 Å². The molecule has 5 nitrogen and oxygen atoms in total. The molecule has 1 aromatic carbocycles. The SMILES string of the molecule is CCC(NC(=O)C(C)Oc1ccccc1Cl)c1ncc[nH]1. The van der Waals surface area contributed by atoms with Crippen molar-refractivity contribution in [2.24, 2.45) is 0 Å². The standard InChI is InChI=1S/C15H18ClN3O2/c1-3-12(14-17-8-9-18-14)19-15(20)10(2)21-13-7-5-4-6-11(13)16/h4-10,12H,3H2,1-2H3,(H,17,18)(H,19,20). The van der Waals surface area contributed by atoms with Crippen molar-refractivity contribution >= 4 is 17.5 Å². The zero-order valence-electron chi connectivity index (χ0n) is 12.0. The number of ether oxygens (including phenoxy) is 1. The first-order chi connectivity index (χ1) is 10.1. The van der Waals surface area contributed by atoms with Gasteiger partial charge in [0, 0.05) is 12.4 Å². The highest BCUT2D eigenvalue weighted by atomic mass is 35.5. The molecule has 0 aliphatic carbocycles. The number of aromatic nitrogens is 2. The Morgan fingerprint density at radius 1 is 1.48 bits per heavy atom. The summed E-state index contributed by atoms with van der Waals surface area (Å²) in [6.07, 6.45) is 3.48. The van der Waals surface area contributed by atoms with Crippen LogP contribution in [0.1, 0.15) is 32.1 Å². The van der Waals surface area contributed by atoms with E-state index in [0.29, 0.717) is 10.8 Å². The second-order valence-corrected chi connectivity index (χ2v) is 5.04. The minimum Gasteiger partial charge on any atom is -0.479 e. The summed E-state index contributed by atoms with van der Waals surface area (Å²) in [6.45, 7) is 3.67. The first-order valence-electron chi connectivity index (χ1n) is 6.82. The van der Waals surface area contributed by atoms with Crippen molar-refractivity contribution in [3.05, 3.63) is 47.5 Å². The largest absolute Gasteiger partial charge is 0.479 e. The number of nitrogens with zero attached hydrogens (tertiary/aromatic N) is 1. The highest BCUT2D eigenvalue weighted by Crippen LogP contribution is 2.24. The lowest BCUT2D eigenvalue weighted by Crippen LogP contribution is -2.38. The second kappa shape index (κ2) is 7.13. The number of halogens is 1. The molecule has 2 atom stereocenters. The van der Waals surface area contributed by atoms with Crippen molar-refractivity contribution in [1.82, 2.24) is 15.3 Å². The second-order valence-electron chi connectivity index (χ2n) is 4.63. The zero-order valence-corrected chi connectivity index (χ0v) is 12.7. The topological polar surface area (TPSA) is 67.0 Å². The number of amides is 1. The van der Waals surface area contributed by atoms with Crippen molar-refractivity contribution in [2.75, 3.05) is 0 Å². The molecule has 0 fully saturated rings. The van der Waals surface area contributed by atoms with Crippen molar-refractivity contribution in [2.45, 2.75) is 32.4 Å². The summed E-state index contributed by atoms with van der Waals surface area (Å²) in [5.74, 6) is 1.02. The number of hydrogen-bond donors (Lipinski definition) is 2. The van der Waals surface area contributed by atoms with Gasteiger partial charge in [0.25, 0.3) is 5.91 Å². The summed E-state index contributed by atoms with van der Waals surface area (Å²) >= 11 is 6.02. The Morgan fingerprint density at radius 2 is 2.24 bits per heavy atom. The van der Waals surface area contributed by atoms with Gasteiger partial charge in [-0.1, -0.05) is 30.7 Å². The molecule has 0 bridgehead atoms. The van der Waals surface area contributed by atoms with E-state index in [1.807, 2.05) is 19.1 Å². The number of para-hydroxylation sites is 1. The van der Waals surface area contributed by atoms with E-state index in [9.17, 15) is 4.79 Å². The van der Waals surface area contributed by atoms with Gasteiger partial charge in [0.15, 0.2) is 6.10 Å². The monoisotopic (exact) mass is 307 g/mol. The molecule has 2 N–H and O–H groups in total. The molecule has 0 spiro atoms.